The van der Waals surface area contributed by atoms with E-state index in [9.17, 15) is 9.59 Å². The van der Waals surface area contributed by atoms with Crippen LogP contribution in [0.25, 0.3) is 0 Å². The highest BCUT2D eigenvalue weighted by Gasteiger charge is 2.24. The maximum atomic E-state index is 10.8. The summed E-state index contributed by atoms with van der Waals surface area (Å²) in [6, 6.07) is 0. The number of ether oxygens (including phenoxy) is 3. The SMILES string of the molecule is CCOC(OCC)C(CC=O)OC(C)=O. The molecule has 0 fully saturated rings. The average Bonchev–Trinajstić information content (AvgIpc) is 2.16. The van der Waals surface area contributed by atoms with E-state index in [0.717, 1.165) is 0 Å². The Morgan fingerprint density at radius 1 is 1.27 bits per heavy atom. The highest BCUT2D eigenvalue weighted by atomic mass is 16.7. The van der Waals surface area contributed by atoms with Gasteiger partial charge in [-0.15, -0.1) is 0 Å². The van der Waals surface area contributed by atoms with E-state index >= 15 is 0 Å². The van der Waals surface area contributed by atoms with Gasteiger partial charge in [0.1, 0.15) is 6.29 Å². The van der Waals surface area contributed by atoms with Crippen LogP contribution in [0, 0.1) is 0 Å². The highest BCUT2D eigenvalue weighted by Crippen LogP contribution is 2.09. The molecule has 0 N–H and O–H groups in total. The molecule has 0 saturated carbocycles. The van der Waals surface area contributed by atoms with Crippen molar-refractivity contribution >= 4 is 12.3 Å². The summed E-state index contributed by atoms with van der Waals surface area (Å²) in [7, 11) is 0. The molecular formula is C10H18O5. The molecule has 1 atom stereocenters. The van der Waals surface area contributed by atoms with Crippen molar-refractivity contribution in [2.45, 2.75) is 39.6 Å². The van der Waals surface area contributed by atoms with E-state index in [1.165, 1.54) is 6.92 Å². The molecule has 0 rings (SSSR count). The predicted molar refractivity (Wildman–Crippen MR) is 53.3 cm³/mol. The molecule has 0 aliphatic carbocycles. The zero-order chi connectivity index (χ0) is 11.7. The van der Waals surface area contributed by atoms with E-state index in [1.807, 2.05) is 0 Å². The molecule has 0 saturated heterocycles. The summed E-state index contributed by atoms with van der Waals surface area (Å²) < 4.78 is 15.4. The topological polar surface area (TPSA) is 61.8 Å². The molecule has 0 radical (unpaired) electrons. The Hall–Kier alpha value is -0.940. The average molecular weight is 218 g/mol. The summed E-state index contributed by atoms with van der Waals surface area (Å²) in [4.78, 5) is 21.2. The van der Waals surface area contributed by atoms with Gasteiger partial charge in [0.05, 0.1) is 0 Å². The van der Waals surface area contributed by atoms with E-state index in [1.54, 1.807) is 13.8 Å². The van der Waals surface area contributed by atoms with Crippen LogP contribution < -0.4 is 0 Å². The summed E-state index contributed by atoms with van der Waals surface area (Å²) in [6.45, 7) is 5.75. The third-order valence-electron chi connectivity index (χ3n) is 1.61. The van der Waals surface area contributed by atoms with Gasteiger partial charge in [0, 0.05) is 26.6 Å². The molecule has 0 heterocycles. The van der Waals surface area contributed by atoms with Crippen LogP contribution in [0.15, 0.2) is 0 Å². The Morgan fingerprint density at radius 3 is 2.13 bits per heavy atom. The molecule has 0 aliphatic heterocycles. The van der Waals surface area contributed by atoms with Crippen LogP contribution in [0.2, 0.25) is 0 Å². The first-order valence-corrected chi connectivity index (χ1v) is 4.99. The van der Waals surface area contributed by atoms with Crippen molar-refractivity contribution in [2.24, 2.45) is 0 Å². The lowest BCUT2D eigenvalue weighted by Crippen LogP contribution is -2.35. The third kappa shape index (κ3) is 6.19. The summed E-state index contributed by atoms with van der Waals surface area (Å²) in [5.74, 6) is -0.453. The molecule has 5 heteroatoms. The van der Waals surface area contributed by atoms with Gasteiger partial charge in [0.15, 0.2) is 12.4 Å². The lowest BCUT2D eigenvalue weighted by molar-refractivity contribution is -0.206. The number of hydrogen-bond acceptors (Lipinski definition) is 5. The van der Waals surface area contributed by atoms with Gasteiger partial charge in [-0.3, -0.25) is 4.79 Å². The molecule has 0 bridgehead atoms. The van der Waals surface area contributed by atoms with Crippen molar-refractivity contribution in [1.29, 1.82) is 0 Å². The maximum Gasteiger partial charge on any atom is 0.303 e. The minimum Gasteiger partial charge on any atom is -0.457 e. The molecule has 0 aromatic rings. The molecular weight excluding hydrogens is 200 g/mol. The first kappa shape index (κ1) is 14.1. The van der Waals surface area contributed by atoms with Crippen LogP contribution in [-0.4, -0.2) is 37.9 Å². The van der Waals surface area contributed by atoms with Crippen molar-refractivity contribution < 1.29 is 23.8 Å². The van der Waals surface area contributed by atoms with Crippen LogP contribution in [0.3, 0.4) is 0 Å². The first-order chi connectivity index (χ1) is 7.15. The normalized spacial score (nSPS) is 12.5. The lowest BCUT2D eigenvalue weighted by atomic mass is 10.2. The van der Waals surface area contributed by atoms with Gasteiger partial charge in [-0.25, -0.2) is 0 Å². The van der Waals surface area contributed by atoms with Gasteiger partial charge in [-0.05, 0) is 13.8 Å². The zero-order valence-corrected chi connectivity index (χ0v) is 9.39. The minimum absolute atomic E-state index is 0.0737. The smallest absolute Gasteiger partial charge is 0.303 e. The summed E-state index contributed by atoms with van der Waals surface area (Å²) >= 11 is 0. The van der Waals surface area contributed by atoms with Gasteiger partial charge < -0.3 is 19.0 Å². The van der Waals surface area contributed by atoms with Gasteiger partial charge in [-0.1, -0.05) is 0 Å². The molecule has 0 aliphatic rings. The van der Waals surface area contributed by atoms with Crippen LogP contribution in [0.1, 0.15) is 27.2 Å². The highest BCUT2D eigenvalue weighted by molar-refractivity contribution is 5.66. The van der Waals surface area contributed by atoms with E-state index in [-0.39, 0.29) is 6.42 Å². The summed E-state index contributed by atoms with van der Waals surface area (Å²) in [6.07, 6.45) is -0.586. The Kier molecular flexibility index (Phi) is 7.85. The minimum atomic E-state index is -0.672. The van der Waals surface area contributed by atoms with Crippen LogP contribution in [0.4, 0.5) is 0 Å². The second kappa shape index (κ2) is 8.38. The van der Waals surface area contributed by atoms with Crippen molar-refractivity contribution in [3.8, 4) is 0 Å². The van der Waals surface area contributed by atoms with Gasteiger partial charge in [-0.2, -0.15) is 0 Å². The monoisotopic (exact) mass is 218 g/mol. The Labute approximate surface area is 89.7 Å². The van der Waals surface area contributed by atoms with Gasteiger partial charge in [0.25, 0.3) is 0 Å². The Bertz CT molecular complexity index is 186. The van der Waals surface area contributed by atoms with Crippen molar-refractivity contribution in [3.05, 3.63) is 0 Å². The van der Waals surface area contributed by atoms with Crippen LogP contribution in [0.5, 0.6) is 0 Å². The molecule has 0 aromatic carbocycles. The number of aldehydes is 1. The first-order valence-electron chi connectivity index (χ1n) is 4.99. The second-order valence-corrected chi connectivity index (χ2v) is 2.83. The van der Waals surface area contributed by atoms with E-state index in [4.69, 9.17) is 14.2 Å². The van der Waals surface area contributed by atoms with Crippen molar-refractivity contribution in [3.63, 3.8) is 0 Å². The summed E-state index contributed by atoms with van der Waals surface area (Å²) in [5, 5.41) is 0. The maximum absolute atomic E-state index is 10.8. The molecule has 0 aromatic heterocycles. The molecule has 1 unspecified atom stereocenters. The van der Waals surface area contributed by atoms with E-state index < -0.39 is 18.4 Å². The zero-order valence-electron chi connectivity index (χ0n) is 9.39. The molecule has 15 heavy (non-hydrogen) atoms. The number of hydrogen-bond donors (Lipinski definition) is 0. The standard InChI is InChI=1S/C10H18O5/c1-4-13-10(14-5-2)9(6-7-11)15-8(3)12/h7,9-10H,4-6H2,1-3H3. The fourth-order valence-corrected chi connectivity index (χ4v) is 1.11. The number of carbonyl (C=O) groups excluding carboxylic acids is 2. The quantitative estimate of drug-likeness (QED) is 0.344. The summed E-state index contributed by atoms with van der Waals surface area (Å²) in [5.41, 5.74) is 0. The molecule has 0 amide bonds. The number of esters is 1. The number of rotatable bonds is 8. The Balaban J connectivity index is 4.34. The van der Waals surface area contributed by atoms with Crippen molar-refractivity contribution in [1.82, 2.24) is 0 Å². The van der Waals surface area contributed by atoms with Gasteiger partial charge >= 0.3 is 5.97 Å². The lowest BCUT2D eigenvalue weighted by Gasteiger charge is -2.24. The van der Waals surface area contributed by atoms with Crippen LogP contribution in [-0.2, 0) is 23.8 Å². The second-order valence-electron chi connectivity index (χ2n) is 2.83. The fraction of sp³-hybridized carbons (Fsp3) is 0.800. The van der Waals surface area contributed by atoms with Crippen molar-refractivity contribution in [2.75, 3.05) is 13.2 Å². The third-order valence-corrected chi connectivity index (χ3v) is 1.61. The molecule has 0 spiro atoms. The molecule has 88 valence electrons. The van der Waals surface area contributed by atoms with E-state index in [2.05, 4.69) is 0 Å². The fourth-order valence-electron chi connectivity index (χ4n) is 1.11. The largest absolute Gasteiger partial charge is 0.457 e. The predicted octanol–water partition coefficient (Wildman–Crippen LogP) is 0.906. The Morgan fingerprint density at radius 2 is 1.80 bits per heavy atom. The number of carbonyl (C=O) groups is 2. The van der Waals surface area contributed by atoms with Gasteiger partial charge in [0.2, 0.25) is 0 Å². The molecule has 5 nitrogen and oxygen atoms in total. The van der Waals surface area contributed by atoms with E-state index in [0.29, 0.717) is 19.5 Å². The van der Waals surface area contributed by atoms with Crippen LogP contribution >= 0.6 is 0 Å².